The van der Waals surface area contributed by atoms with Crippen molar-refractivity contribution in [3.8, 4) is 17.2 Å². The summed E-state index contributed by atoms with van der Waals surface area (Å²) < 4.78 is 16.9. The summed E-state index contributed by atoms with van der Waals surface area (Å²) in [5.74, 6) is 2.20. The Hall–Kier alpha value is -2.21. The molecular formula is C20H24BrNO4. The van der Waals surface area contributed by atoms with E-state index in [0.717, 1.165) is 21.3 Å². The molecule has 0 fully saturated rings. The summed E-state index contributed by atoms with van der Waals surface area (Å²) in [5.41, 5.74) is 1.99. The number of halogens is 1. The first kappa shape index (κ1) is 20.1. The van der Waals surface area contributed by atoms with Crippen molar-refractivity contribution < 1.29 is 19.0 Å². The van der Waals surface area contributed by atoms with Gasteiger partial charge in [-0.2, -0.15) is 0 Å². The van der Waals surface area contributed by atoms with Crippen molar-refractivity contribution in [3.05, 3.63) is 52.0 Å². The minimum atomic E-state index is 0.0711. The number of ether oxygens (including phenoxy) is 3. The van der Waals surface area contributed by atoms with Gasteiger partial charge in [0, 0.05) is 30.0 Å². The van der Waals surface area contributed by atoms with E-state index in [9.17, 15) is 4.79 Å². The highest BCUT2D eigenvalue weighted by molar-refractivity contribution is 9.10. The Kier molecular flexibility index (Phi) is 7.33. The lowest BCUT2D eigenvalue weighted by Crippen LogP contribution is -2.26. The zero-order chi connectivity index (χ0) is 19.1. The monoisotopic (exact) mass is 421 g/mol. The van der Waals surface area contributed by atoms with E-state index >= 15 is 0 Å². The van der Waals surface area contributed by atoms with E-state index in [1.807, 2.05) is 36.4 Å². The molecule has 2 rings (SSSR count). The molecule has 1 amide bonds. The molecule has 0 heterocycles. The van der Waals surface area contributed by atoms with E-state index in [1.165, 1.54) is 0 Å². The molecule has 0 N–H and O–H groups in total. The number of rotatable bonds is 8. The predicted octanol–water partition coefficient (Wildman–Crippen LogP) is 4.07. The molecule has 0 radical (unpaired) electrons. The molecule has 6 heteroatoms. The minimum absolute atomic E-state index is 0.0711. The van der Waals surface area contributed by atoms with Crippen molar-refractivity contribution >= 4 is 21.8 Å². The van der Waals surface area contributed by atoms with Gasteiger partial charge in [0.25, 0.3) is 0 Å². The van der Waals surface area contributed by atoms with Crippen LogP contribution in [0.2, 0.25) is 0 Å². The highest BCUT2D eigenvalue weighted by Crippen LogP contribution is 2.28. The lowest BCUT2D eigenvalue weighted by atomic mass is 10.1. The molecule has 0 bridgehead atoms. The average molecular weight is 422 g/mol. The molecule has 0 saturated carbocycles. The van der Waals surface area contributed by atoms with Crippen LogP contribution >= 0.6 is 15.9 Å². The van der Waals surface area contributed by atoms with E-state index in [2.05, 4.69) is 15.9 Å². The van der Waals surface area contributed by atoms with Gasteiger partial charge in [0.1, 0.15) is 5.75 Å². The molecular weight excluding hydrogens is 398 g/mol. The fourth-order valence-corrected chi connectivity index (χ4v) is 3.10. The molecule has 2 aromatic carbocycles. The van der Waals surface area contributed by atoms with Gasteiger partial charge >= 0.3 is 0 Å². The zero-order valence-corrected chi connectivity index (χ0v) is 17.1. The largest absolute Gasteiger partial charge is 0.496 e. The van der Waals surface area contributed by atoms with Gasteiger partial charge in [-0.05, 0) is 42.3 Å². The van der Waals surface area contributed by atoms with Crippen molar-refractivity contribution in [1.82, 2.24) is 4.90 Å². The second kappa shape index (κ2) is 9.48. The summed E-state index contributed by atoms with van der Waals surface area (Å²) in [6, 6.07) is 11.5. The van der Waals surface area contributed by atoms with Crippen LogP contribution in [0.15, 0.2) is 40.9 Å². The lowest BCUT2D eigenvalue weighted by Gasteiger charge is -2.19. The number of nitrogens with zero attached hydrogens (tertiary/aromatic N) is 1. The highest BCUT2D eigenvalue weighted by atomic mass is 79.9. The van der Waals surface area contributed by atoms with E-state index in [-0.39, 0.29) is 5.91 Å². The number of hydrogen-bond donors (Lipinski definition) is 0. The SMILES string of the molecule is COc1ccc(Br)cc1CN(C)C(=O)CCc1ccc(OC)c(OC)c1. The molecule has 5 nitrogen and oxygen atoms in total. The predicted molar refractivity (Wildman–Crippen MR) is 105 cm³/mol. The Morgan fingerprint density at radius 2 is 1.62 bits per heavy atom. The van der Waals surface area contributed by atoms with Crippen molar-refractivity contribution in [2.75, 3.05) is 28.4 Å². The number of methoxy groups -OCH3 is 3. The maximum atomic E-state index is 12.5. The highest BCUT2D eigenvalue weighted by Gasteiger charge is 2.13. The van der Waals surface area contributed by atoms with Crippen LogP contribution in [0.4, 0.5) is 0 Å². The molecule has 0 spiro atoms. The number of carbonyl (C=O) groups is 1. The first-order valence-electron chi connectivity index (χ1n) is 8.25. The summed E-state index contributed by atoms with van der Waals surface area (Å²) in [7, 11) is 6.64. The molecule has 26 heavy (non-hydrogen) atoms. The number of carbonyl (C=O) groups excluding carboxylic acids is 1. The molecule has 140 valence electrons. The molecule has 0 atom stereocenters. The Balaban J connectivity index is 1.98. The maximum absolute atomic E-state index is 12.5. The Morgan fingerprint density at radius 3 is 2.27 bits per heavy atom. The first-order valence-corrected chi connectivity index (χ1v) is 9.05. The number of aryl methyl sites for hydroxylation is 1. The van der Waals surface area contributed by atoms with Gasteiger partial charge in [0.15, 0.2) is 11.5 Å². The fourth-order valence-electron chi connectivity index (χ4n) is 2.69. The molecule has 0 unspecified atom stereocenters. The Morgan fingerprint density at radius 1 is 0.962 bits per heavy atom. The first-order chi connectivity index (χ1) is 12.5. The van der Waals surface area contributed by atoms with Gasteiger partial charge in [-0.3, -0.25) is 4.79 Å². The quantitative estimate of drug-likeness (QED) is 0.644. The molecule has 0 aliphatic rings. The minimum Gasteiger partial charge on any atom is -0.496 e. The van der Waals surface area contributed by atoms with Gasteiger partial charge in [-0.15, -0.1) is 0 Å². The van der Waals surface area contributed by atoms with Crippen LogP contribution in [-0.4, -0.2) is 39.2 Å². The third-order valence-corrected chi connectivity index (χ3v) is 4.64. The summed E-state index contributed by atoms with van der Waals surface area (Å²) in [6.07, 6.45) is 1.06. The van der Waals surface area contributed by atoms with Gasteiger partial charge in [-0.25, -0.2) is 0 Å². The Labute approximate surface area is 163 Å². The summed E-state index contributed by atoms with van der Waals surface area (Å²) >= 11 is 3.46. The van der Waals surface area contributed by atoms with Crippen LogP contribution < -0.4 is 14.2 Å². The van der Waals surface area contributed by atoms with Crippen LogP contribution in [0.3, 0.4) is 0 Å². The van der Waals surface area contributed by atoms with Crippen LogP contribution in [0.1, 0.15) is 17.5 Å². The van der Waals surface area contributed by atoms with E-state index < -0.39 is 0 Å². The molecule has 0 aliphatic carbocycles. The smallest absolute Gasteiger partial charge is 0.222 e. The number of benzene rings is 2. The van der Waals surface area contributed by atoms with Crippen LogP contribution in [0.25, 0.3) is 0 Å². The third kappa shape index (κ3) is 5.14. The van der Waals surface area contributed by atoms with Gasteiger partial charge in [0.05, 0.1) is 21.3 Å². The zero-order valence-electron chi connectivity index (χ0n) is 15.5. The lowest BCUT2D eigenvalue weighted by molar-refractivity contribution is -0.130. The van der Waals surface area contributed by atoms with Crippen molar-refractivity contribution in [2.24, 2.45) is 0 Å². The second-order valence-electron chi connectivity index (χ2n) is 5.90. The van der Waals surface area contributed by atoms with Crippen molar-refractivity contribution in [3.63, 3.8) is 0 Å². The van der Waals surface area contributed by atoms with Crippen LogP contribution in [0, 0.1) is 0 Å². The van der Waals surface area contributed by atoms with E-state index in [1.54, 1.807) is 33.3 Å². The van der Waals surface area contributed by atoms with Crippen LogP contribution in [0.5, 0.6) is 17.2 Å². The Bertz CT molecular complexity index is 763. The summed E-state index contributed by atoms with van der Waals surface area (Å²) in [6.45, 7) is 0.493. The van der Waals surface area contributed by atoms with Crippen molar-refractivity contribution in [1.29, 1.82) is 0 Å². The summed E-state index contributed by atoms with van der Waals surface area (Å²) in [5, 5.41) is 0. The number of amides is 1. The molecule has 0 aliphatic heterocycles. The standard InChI is InChI=1S/C20H24BrNO4/c1-22(13-15-12-16(21)7-9-17(15)24-2)20(23)10-6-14-5-8-18(25-3)19(11-14)26-4/h5,7-9,11-12H,6,10,13H2,1-4H3. The summed E-state index contributed by atoms with van der Waals surface area (Å²) in [4.78, 5) is 14.2. The second-order valence-corrected chi connectivity index (χ2v) is 6.81. The van der Waals surface area contributed by atoms with E-state index in [4.69, 9.17) is 14.2 Å². The van der Waals surface area contributed by atoms with E-state index in [0.29, 0.717) is 30.9 Å². The normalized spacial score (nSPS) is 10.3. The van der Waals surface area contributed by atoms with Gasteiger partial charge in [-0.1, -0.05) is 22.0 Å². The van der Waals surface area contributed by atoms with Gasteiger partial charge in [0.2, 0.25) is 5.91 Å². The molecule has 0 saturated heterocycles. The number of hydrogen-bond acceptors (Lipinski definition) is 4. The average Bonchev–Trinajstić information content (AvgIpc) is 2.65. The maximum Gasteiger partial charge on any atom is 0.222 e. The molecule has 2 aromatic rings. The van der Waals surface area contributed by atoms with Crippen LogP contribution in [-0.2, 0) is 17.8 Å². The fraction of sp³-hybridized carbons (Fsp3) is 0.350. The topological polar surface area (TPSA) is 48.0 Å². The van der Waals surface area contributed by atoms with Crippen molar-refractivity contribution in [2.45, 2.75) is 19.4 Å². The third-order valence-electron chi connectivity index (χ3n) is 4.15. The molecule has 0 aromatic heterocycles. The van der Waals surface area contributed by atoms with Gasteiger partial charge < -0.3 is 19.1 Å².